The van der Waals surface area contributed by atoms with Crippen molar-refractivity contribution >= 4 is 11.9 Å². The third kappa shape index (κ3) is 1.85. The van der Waals surface area contributed by atoms with E-state index in [1.54, 1.807) is 0 Å². The second-order valence-corrected chi connectivity index (χ2v) is 6.73. The SMILES string of the molecule is CC1(C)C2CCC1(C[N+](=O)[O-])C(=O)C2=Cc1ccccc1. The number of nitrogens with zero attached hydrogens (tertiary/aromatic N) is 1. The molecule has 1 aromatic rings. The van der Waals surface area contributed by atoms with Crippen LogP contribution in [-0.2, 0) is 4.79 Å². The van der Waals surface area contributed by atoms with Crippen LogP contribution in [0.2, 0.25) is 0 Å². The van der Waals surface area contributed by atoms with Gasteiger partial charge in [-0.1, -0.05) is 44.2 Å². The topological polar surface area (TPSA) is 60.2 Å². The number of allylic oxidation sites excluding steroid dienone is 1. The Hall–Kier alpha value is -1.97. The molecule has 0 radical (unpaired) electrons. The summed E-state index contributed by atoms with van der Waals surface area (Å²) in [5.41, 5.74) is 0.610. The highest BCUT2D eigenvalue weighted by Gasteiger charge is 2.69. The first kappa shape index (κ1) is 14.0. The summed E-state index contributed by atoms with van der Waals surface area (Å²) >= 11 is 0. The zero-order chi connectivity index (χ0) is 15.3. The second kappa shape index (κ2) is 4.52. The summed E-state index contributed by atoms with van der Waals surface area (Å²) in [4.78, 5) is 23.6. The van der Waals surface area contributed by atoms with E-state index in [9.17, 15) is 14.9 Å². The van der Waals surface area contributed by atoms with Crippen LogP contribution in [0.15, 0.2) is 35.9 Å². The molecule has 2 aliphatic rings. The van der Waals surface area contributed by atoms with E-state index < -0.39 is 5.41 Å². The number of nitro groups is 1. The molecule has 4 heteroatoms. The fourth-order valence-electron chi connectivity index (χ4n) is 4.26. The third-order valence-corrected chi connectivity index (χ3v) is 5.56. The number of hydrogen-bond acceptors (Lipinski definition) is 3. The van der Waals surface area contributed by atoms with Crippen LogP contribution in [0.25, 0.3) is 6.08 Å². The molecule has 2 saturated carbocycles. The lowest BCUT2D eigenvalue weighted by molar-refractivity contribution is -0.497. The summed E-state index contributed by atoms with van der Waals surface area (Å²) in [5.74, 6) is 0.120. The molecule has 0 aliphatic heterocycles. The van der Waals surface area contributed by atoms with E-state index in [0.29, 0.717) is 6.42 Å². The van der Waals surface area contributed by atoms with Crippen molar-refractivity contribution < 1.29 is 9.72 Å². The largest absolute Gasteiger partial charge is 0.294 e. The molecular formula is C17H19NO3. The summed E-state index contributed by atoms with van der Waals surface area (Å²) in [6.45, 7) is 3.78. The maximum Gasteiger partial charge on any atom is 0.217 e. The first-order chi connectivity index (χ1) is 9.88. The Morgan fingerprint density at radius 2 is 2.00 bits per heavy atom. The molecular weight excluding hydrogens is 266 g/mol. The molecule has 2 aliphatic carbocycles. The lowest BCUT2D eigenvalue weighted by atomic mass is 9.69. The average molecular weight is 285 g/mol. The highest BCUT2D eigenvalue weighted by Crippen LogP contribution is 2.66. The fraction of sp³-hybridized carbons (Fsp3) is 0.471. The molecule has 4 nitrogen and oxygen atoms in total. The molecule has 2 fully saturated rings. The molecule has 1 aromatic carbocycles. The van der Waals surface area contributed by atoms with E-state index in [1.165, 1.54) is 0 Å². The minimum absolute atomic E-state index is 0.00990. The average Bonchev–Trinajstić information content (AvgIpc) is 2.75. The Labute approximate surface area is 124 Å². The van der Waals surface area contributed by atoms with Crippen molar-refractivity contribution in [2.45, 2.75) is 26.7 Å². The van der Waals surface area contributed by atoms with Crippen LogP contribution >= 0.6 is 0 Å². The van der Waals surface area contributed by atoms with Gasteiger partial charge >= 0.3 is 0 Å². The van der Waals surface area contributed by atoms with E-state index >= 15 is 0 Å². The summed E-state index contributed by atoms with van der Waals surface area (Å²) in [6, 6.07) is 9.71. The van der Waals surface area contributed by atoms with E-state index in [0.717, 1.165) is 17.6 Å². The molecule has 0 heterocycles. The van der Waals surface area contributed by atoms with Gasteiger partial charge in [0.2, 0.25) is 6.54 Å². The predicted octanol–water partition coefficient (Wildman–Crippen LogP) is 3.35. The predicted molar refractivity (Wildman–Crippen MR) is 80.2 cm³/mol. The van der Waals surface area contributed by atoms with Crippen molar-refractivity contribution in [3.8, 4) is 0 Å². The van der Waals surface area contributed by atoms with Gasteiger partial charge in [-0.2, -0.15) is 0 Å². The molecule has 0 spiro atoms. The standard InChI is InChI=1S/C17H19NO3/c1-16(2)14-8-9-17(16,11-18(20)21)15(19)13(14)10-12-6-4-3-5-7-12/h3-7,10,14H,8-9,11H2,1-2H3. The van der Waals surface area contributed by atoms with Gasteiger partial charge < -0.3 is 0 Å². The third-order valence-electron chi connectivity index (χ3n) is 5.56. The highest BCUT2D eigenvalue weighted by molar-refractivity contribution is 6.08. The number of carbonyl (C=O) groups is 1. The number of hydrogen-bond donors (Lipinski definition) is 0. The number of Topliss-reactive ketones (excluding diaryl/α,β-unsaturated/α-hetero) is 1. The van der Waals surface area contributed by atoms with E-state index in [2.05, 4.69) is 0 Å². The first-order valence-corrected chi connectivity index (χ1v) is 7.32. The van der Waals surface area contributed by atoms with Gasteiger partial charge in [-0.3, -0.25) is 14.9 Å². The van der Waals surface area contributed by atoms with Gasteiger partial charge in [-0.25, -0.2) is 0 Å². The van der Waals surface area contributed by atoms with Crippen LogP contribution in [0, 0.1) is 26.9 Å². The molecule has 2 bridgehead atoms. The highest BCUT2D eigenvalue weighted by atomic mass is 16.6. The van der Waals surface area contributed by atoms with Crippen molar-refractivity contribution in [1.82, 2.24) is 0 Å². The van der Waals surface area contributed by atoms with Crippen LogP contribution in [0.5, 0.6) is 0 Å². The second-order valence-electron chi connectivity index (χ2n) is 6.73. The molecule has 3 rings (SSSR count). The van der Waals surface area contributed by atoms with E-state index in [4.69, 9.17) is 0 Å². The Morgan fingerprint density at radius 1 is 1.33 bits per heavy atom. The van der Waals surface area contributed by atoms with Crippen molar-refractivity contribution in [3.63, 3.8) is 0 Å². The summed E-state index contributed by atoms with van der Waals surface area (Å²) in [7, 11) is 0. The summed E-state index contributed by atoms with van der Waals surface area (Å²) in [6.07, 6.45) is 3.43. The van der Waals surface area contributed by atoms with E-state index in [-0.39, 0.29) is 28.6 Å². The minimum Gasteiger partial charge on any atom is -0.294 e. The minimum atomic E-state index is -0.818. The molecule has 2 atom stereocenters. The maximum absolute atomic E-state index is 12.9. The summed E-state index contributed by atoms with van der Waals surface area (Å²) in [5, 5.41) is 11.1. The van der Waals surface area contributed by atoms with Crippen molar-refractivity contribution in [2.75, 3.05) is 6.54 Å². The molecule has 0 amide bonds. The fourth-order valence-corrected chi connectivity index (χ4v) is 4.26. The Morgan fingerprint density at radius 3 is 2.62 bits per heavy atom. The van der Waals surface area contributed by atoms with Gasteiger partial charge in [-0.05, 0) is 35.8 Å². The number of ketones is 1. The van der Waals surface area contributed by atoms with Gasteiger partial charge in [0.1, 0.15) is 5.41 Å². The van der Waals surface area contributed by atoms with Gasteiger partial charge in [0.15, 0.2) is 5.78 Å². The molecule has 0 saturated heterocycles. The lowest BCUT2D eigenvalue weighted by Crippen LogP contribution is -2.42. The van der Waals surface area contributed by atoms with Gasteiger partial charge in [0.05, 0.1) is 0 Å². The zero-order valence-electron chi connectivity index (χ0n) is 12.3. The number of rotatable bonds is 3. The van der Waals surface area contributed by atoms with Crippen LogP contribution in [0.3, 0.4) is 0 Å². The van der Waals surface area contributed by atoms with Crippen molar-refractivity contribution in [3.05, 3.63) is 51.6 Å². The molecule has 0 N–H and O–H groups in total. The Balaban J connectivity index is 2.06. The quantitative estimate of drug-likeness (QED) is 0.486. The van der Waals surface area contributed by atoms with Gasteiger partial charge in [-0.15, -0.1) is 0 Å². The molecule has 2 unspecified atom stereocenters. The first-order valence-electron chi connectivity index (χ1n) is 7.32. The molecule has 110 valence electrons. The number of fused-ring (bicyclic) bond motifs is 2. The van der Waals surface area contributed by atoms with Crippen LogP contribution < -0.4 is 0 Å². The van der Waals surface area contributed by atoms with Crippen LogP contribution in [0.4, 0.5) is 0 Å². The van der Waals surface area contributed by atoms with Crippen LogP contribution in [-0.4, -0.2) is 17.3 Å². The van der Waals surface area contributed by atoms with Crippen LogP contribution in [0.1, 0.15) is 32.3 Å². The lowest BCUT2D eigenvalue weighted by Gasteiger charge is -2.31. The zero-order valence-corrected chi connectivity index (χ0v) is 12.3. The molecule has 0 aromatic heterocycles. The Bertz CT molecular complexity index is 633. The summed E-state index contributed by atoms with van der Waals surface area (Å²) < 4.78 is 0. The van der Waals surface area contributed by atoms with E-state index in [1.807, 2.05) is 50.3 Å². The number of carbonyl (C=O) groups excluding carboxylic acids is 1. The maximum atomic E-state index is 12.9. The van der Waals surface area contributed by atoms with Crippen molar-refractivity contribution in [2.24, 2.45) is 16.7 Å². The van der Waals surface area contributed by atoms with Gasteiger partial charge in [0, 0.05) is 10.5 Å². The van der Waals surface area contributed by atoms with Gasteiger partial charge in [0.25, 0.3) is 0 Å². The normalized spacial score (nSPS) is 31.8. The van der Waals surface area contributed by atoms with Crippen molar-refractivity contribution in [1.29, 1.82) is 0 Å². The Kier molecular flexibility index (Phi) is 3.01. The molecule has 21 heavy (non-hydrogen) atoms. The monoisotopic (exact) mass is 285 g/mol. The number of benzene rings is 1. The smallest absolute Gasteiger partial charge is 0.217 e.